The number of piperidine rings is 1. The van der Waals surface area contributed by atoms with Crippen LogP contribution >= 0.6 is 22.9 Å². The third-order valence-electron chi connectivity index (χ3n) is 5.23. The second kappa shape index (κ2) is 7.92. The minimum absolute atomic E-state index is 0.0131. The van der Waals surface area contributed by atoms with Gasteiger partial charge in [0.15, 0.2) is 0 Å². The Morgan fingerprint density at radius 1 is 1.37 bits per heavy atom. The molecule has 2 N–H and O–H groups in total. The standard InChI is InChI=1S/C19H22ClN5O4S/c1-10(2)17-22-24(9-16(26)21-11-4-3-5-23(8-11)19(28)29)18(27)13-6-14-12(25(13)17)7-15(20)30-14/h6-7,10-11H,3-5,8-9H2,1-2H3,(H,21,26)(H,28,29)/t11-/m1/s1. The predicted molar refractivity (Wildman–Crippen MR) is 115 cm³/mol. The maximum atomic E-state index is 13.0. The highest BCUT2D eigenvalue weighted by Crippen LogP contribution is 2.32. The first-order chi connectivity index (χ1) is 14.2. The molecule has 4 rings (SSSR count). The van der Waals surface area contributed by atoms with Crippen molar-refractivity contribution >= 4 is 50.7 Å². The molecule has 11 heteroatoms. The predicted octanol–water partition coefficient (Wildman–Crippen LogP) is 2.75. The number of hydrogen-bond acceptors (Lipinski definition) is 5. The Labute approximate surface area is 180 Å². The van der Waals surface area contributed by atoms with Crippen molar-refractivity contribution in [1.29, 1.82) is 0 Å². The van der Waals surface area contributed by atoms with Crippen molar-refractivity contribution in [2.45, 2.75) is 45.2 Å². The van der Waals surface area contributed by atoms with Gasteiger partial charge in [0.05, 0.1) is 14.6 Å². The number of amides is 2. The lowest BCUT2D eigenvalue weighted by Gasteiger charge is -2.31. The van der Waals surface area contributed by atoms with Crippen molar-refractivity contribution in [2.24, 2.45) is 0 Å². The molecule has 1 atom stereocenters. The van der Waals surface area contributed by atoms with Crippen molar-refractivity contribution in [3.05, 3.63) is 32.6 Å². The van der Waals surface area contributed by atoms with Crippen LogP contribution in [0, 0.1) is 0 Å². The molecule has 1 aliphatic rings. The van der Waals surface area contributed by atoms with Crippen molar-refractivity contribution < 1.29 is 14.7 Å². The van der Waals surface area contributed by atoms with Crippen molar-refractivity contribution in [3.8, 4) is 0 Å². The number of likely N-dealkylation sites (tertiary alicyclic amines) is 1. The van der Waals surface area contributed by atoms with E-state index in [4.69, 9.17) is 16.7 Å². The van der Waals surface area contributed by atoms with E-state index in [1.807, 2.05) is 24.3 Å². The van der Waals surface area contributed by atoms with Gasteiger partial charge in [-0.25, -0.2) is 9.48 Å². The van der Waals surface area contributed by atoms with Crippen LogP contribution in [-0.2, 0) is 11.3 Å². The minimum atomic E-state index is -0.993. The van der Waals surface area contributed by atoms with Gasteiger partial charge in [-0.05, 0) is 25.0 Å². The molecule has 1 saturated heterocycles. The summed E-state index contributed by atoms with van der Waals surface area (Å²) in [5.74, 6) is 0.313. The number of nitrogens with zero attached hydrogens (tertiary/aromatic N) is 4. The fourth-order valence-electron chi connectivity index (χ4n) is 3.87. The molecule has 1 aliphatic heterocycles. The molecule has 1 fully saturated rings. The first kappa shape index (κ1) is 20.7. The average molecular weight is 452 g/mol. The summed E-state index contributed by atoms with van der Waals surface area (Å²) in [6, 6.07) is 3.32. The van der Waals surface area contributed by atoms with Crippen LogP contribution in [0.2, 0.25) is 4.34 Å². The van der Waals surface area contributed by atoms with Gasteiger partial charge in [0.1, 0.15) is 17.9 Å². The highest BCUT2D eigenvalue weighted by molar-refractivity contribution is 7.22. The van der Waals surface area contributed by atoms with Crippen LogP contribution in [0.15, 0.2) is 16.9 Å². The molecule has 0 radical (unpaired) electrons. The minimum Gasteiger partial charge on any atom is -0.465 e. The van der Waals surface area contributed by atoms with E-state index in [1.54, 1.807) is 6.07 Å². The number of aromatic nitrogens is 3. The average Bonchev–Trinajstić information content (AvgIpc) is 3.20. The van der Waals surface area contributed by atoms with Gasteiger partial charge in [-0.3, -0.25) is 14.0 Å². The lowest BCUT2D eigenvalue weighted by atomic mass is 10.1. The normalized spacial score (nSPS) is 17.2. The summed E-state index contributed by atoms with van der Waals surface area (Å²) in [4.78, 5) is 38.1. The van der Waals surface area contributed by atoms with Crippen LogP contribution in [-0.4, -0.2) is 55.3 Å². The largest absolute Gasteiger partial charge is 0.465 e. The highest BCUT2D eigenvalue weighted by Gasteiger charge is 2.25. The summed E-state index contributed by atoms with van der Waals surface area (Å²) in [5.41, 5.74) is 0.930. The zero-order valence-corrected chi connectivity index (χ0v) is 18.2. The highest BCUT2D eigenvalue weighted by atomic mass is 35.5. The molecule has 2 amide bonds. The quantitative estimate of drug-likeness (QED) is 0.634. The van der Waals surface area contributed by atoms with E-state index >= 15 is 0 Å². The zero-order chi connectivity index (χ0) is 21.6. The van der Waals surface area contributed by atoms with E-state index in [9.17, 15) is 14.4 Å². The number of hydrogen-bond donors (Lipinski definition) is 2. The molecule has 0 saturated carbocycles. The van der Waals surface area contributed by atoms with Crippen LogP contribution in [0.25, 0.3) is 15.7 Å². The van der Waals surface area contributed by atoms with Crippen molar-refractivity contribution in [3.63, 3.8) is 0 Å². The SMILES string of the molecule is CC(C)c1nn(CC(=O)N[C@@H]2CCCN(C(=O)O)C2)c(=O)c2cc3sc(Cl)cc3n12. The first-order valence-corrected chi connectivity index (χ1v) is 10.9. The Morgan fingerprint density at radius 2 is 2.13 bits per heavy atom. The van der Waals surface area contributed by atoms with Crippen LogP contribution < -0.4 is 10.9 Å². The van der Waals surface area contributed by atoms with E-state index in [2.05, 4.69) is 10.4 Å². The molecule has 0 aromatic carbocycles. The van der Waals surface area contributed by atoms with Crippen molar-refractivity contribution in [2.75, 3.05) is 13.1 Å². The summed E-state index contributed by atoms with van der Waals surface area (Å²) >= 11 is 7.52. The Balaban J connectivity index is 1.62. The third kappa shape index (κ3) is 3.77. The summed E-state index contributed by atoms with van der Waals surface area (Å²) < 4.78 is 4.52. The second-order valence-corrected chi connectivity index (χ2v) is 9.49. The van der Waals surface area contributed by atoms with Gasteiger partial charge >= 0.3 is 6.09 Å². The van der Waals surface area contributed by atoms with Gasteiger partial charge in [-0.1, -0.05) is 25.4 Å². The number of nitrogens with one attached hydrogen (secondary N) is 1. The number of thiophene rings is 1. The molecule has 160 valence electrons. The van der Waals surface area contributed by atoms with E-state index in [-0.39, 0.29) is 36.5 Å². The molecule has 3 aromatic heterocycles. The molecule has 0 spiro atoms. The maximum absolute atomic E-state index is 13.0. The Hall–Kier alpha value is -2.59. The van der Waals surface area contributed by atoms with Gasteiger partial charge in [-0.15, -0.1) is 11.3 Å². The number of rotatable bonds is 4. The number of carbonyl (C=O) groups is 2. The second-order valence-electron chi connectivity index (χ2n) is 7.78. The van der Waals surface area contributed by atoms with Crippen LogP contribution in [0.3, 0.4) is 0 Å². The van der Waals surface area contributed by atoms with Gasteiger partial charge in [-0.2, -0.15) is 5.10 Å². The Morgan fingerprint density at radius 3 is 2.83 bits per heavy atom. The molecular weight excluding hydrogens is 430 g/mol. The van der Waals surface area contributed by atoms with Crippen LogP contribution in [0.4, 0.5) is 4.79 Å². The van der Waals surface area contributed by atoms with Gasteiger partial charge in [0.2, 0.25) is 5.91 Å². The number of carboxylic acid groups (broad SMARTS) is 1. The first-order valence-electron chi connectivity index (χ1n) is 9.73. The number of halogens is 1. The van der Waals surface area contributed by atoms with Crippen LogP contribution in [0.1, 0.15) is 38.4 Å². The Kier molecular flexibility index (Phi) is 5.46. The van der Waals surface area contributed by atoms with Crippen molar-refractivity contribution in [1.82, 2.24) is 24.4 Å². The lowest BCUT2D eigenvalue weighted by molar-refractivity contribution is -0.123. The fourth-order valence-corrected chi connectivity index (χ4v) is 5.03. The van der Waals surface area contributed by atoms with E-state index in [0.29, 0.717) is 35.1 Å². The summed E-state index contributed by atoms with van der Waals surface area (Å²) in [7, 11) is 0. The maximum Gasteiger partial charge on any atom is 0.407 e. The molecular formula is C19H22ClN5O4S. The summed E-state index contributed by atoms with van der Waals surface area (Å²) in [5, 5.41) is 16.5. The lowest BCUT2D eigenvalue weighted by Crippen LogP contribution is -2.50. The van der Waals surface area contributed by atoms with E-state index < -0.39 is 6.09 Å². The monoisotopic (exact) mass is 451 g/mol. The topological polar surface area (TPSA) is 109 Å². The molecule has 30 heavy (non-hydrogen) atoms. The van der Waals surface area contributed by atoms with Gasteiger partial charge in [0.25, 0.3) is 5.56 Å². The molecule has 9 nitrogen and oxygen atoms in total. The smallest absolute Gasteiger partial charge is 0.407 e. The summed E-state index contributed by atoms with van der Waals surface area (Å²) in [6.07, 6.45) is 0.388. The summed E-state index contributed by atoms with van der Waals surface area (Å²) in [6.45, 7) is 4.43. The molecule has 0 bridgehead atoms. The molecule has 0 aliphatic carbocycles. The van der Waals surface area contributed by atoms with E-state index in [0.717, 1.165) is 10.2 Å². The Bertz CT molecular complexity index is 1200. The molecule has 4 heterocycles. The van der Waals surface area contributed by atoms with Gasteiger partial charge < -0.3 is 15.3 Å². The van der Waals surface area contributed by atoms with E-state index in [1.165, 1.54) is 20.9 Å². The van der Waals surface area contributed by atoms with Gasteiger partial charge in [0, 0.05) is 25.0 Å². The fraction of sp³-hybridized carbons (Fsp3) is 0.474. The third-order valence-corrected chi connectivity index (χ3v) is 6.43. The molecule has 0 unspecified atom stereocenters. The zero-order valence-electron chi connectivity index (χ0n) is 16.6. The number of carbonyl (C=O) groups excluding carboxylic acids is 1. The number of fused-ring (bicyclic) bond motifs is 3. The molecule has 3 aromatic rings. The van der Waals surface area contributed by atoms with Crippen LogP contribution in [0.5, 0.6) is 0 Å².